The van der Waals surface area contributed by atoms with Gasteiger partial charge in [-0.3, -0.25) is 14.4 Å². The van der Waals surface area contributed by atoms with E-state index in [9.17, 15) is 14.4 Å². The third-order valence-electron chi connectivity index (χ3n) is 10.8. The number of unbranched alkanes of at least 4 members (excludes halogenated alkanes) is 30. The van der Waals surface area contributed by atoms with Crippen LogP contribution in [0.25, 0.3) is 0 Å². The van der Waals surface area contributed by atoms with Crippen LogP contribution in [-0.4, -0.2) is 37.2 Å². The second kappa shape index (κ2) is 42.6. The molecule has 0 radical (unpaired) electrons. The number of rotatable bonds is 43. The molecule has 0 saturated heterocycles. The molecule has 0 aromatic heterocycles. The van der Waals surface area contributed by atoms with Crippen LogP contribution in [0.2, 0.25) is 0 Å². The Morgan fingerprint density at radius 3 is 0.907 bits per heavy atom. The summed E-state index contributed by atoms with van der Waals surface area (Å²) in [4.78, 5) is 37.7. The van der Waals surface area contributed by atoms with Gasteiger partial charge in [-0.25, -0.2) is 0 Å². The topological polar surface area (TPSA) is 78.9 Å². The zero-order valence-electron chi connectivity index (χ0n) is 36.7. The van der Waals surface area contributed by atoms with Gasteiger partial charge >= 0.3 is 17.9 Å². The smallest absolute Gasteiger partial charge is 0.306 e. The Hall–Kier alpha value is -1.59. The highest BCUT2D eigenvalue weighted by Crippen LogP contribution is 2.16. The van der Waals surface area contributed by atoms with Crippen LogP contribution < -0.4 is 0 Å². The Labute approximate surface area is 336 Å². The van der Waals surface area contributed by atoms with Gasteiger partial charge in [0.25, 0.3) is 0 Å². The molecule has 6 nitrogen and oxygen atoms in total. The summed E-state index contributed by atoms with van der Waals surface area (Å²) in [6.07, 6.45) is 42.3. The van der Waals surface area contributed by atoms with Crippen LogP contribution in [0, 0.1) is 5.92 Å². The molecule has 0 aromatic carbocycles. The number of carbonyl (C=O) groups excluding carboxylic acids is 3. The summed E-state index contributed by atoms with van der Waals surface area (Å²) in [6, 6.07) is 0. The van der Waals surface area contributed by atoms with E-state index < -0.39 is 6.10 Å². The van der Waals surface area contributed by atoms with E-state index >= 15 is 0 Å². The summed E-state index contributed by atoms with van der Waals surface area (Å²) in [7, 11) is 0. The highest BCUT2D eigenvalue weighted by atomic mass is 16.6. The molecule has 6 heteroatoms. The van der Waals surface area contributed by atoms with Gasteiger partial charge in [0.1, 0.15) is 13.2 Å². The number of ether oxygens (including phenoxy) is 3. The third kappa shape index (κ3) is 41.6. The van der Waals surface area contributed by atoms with Crippen molar-refractivity contribution < 1.29 is 28.6 Å². The van der Waals surface area contributed by atoms with E-state index in [0.29, 0.717) is 19.3 Å². The van der Waals surface area contributed by atoms with Gasteiger partial charge < -0.3 is 14.2 Å². The summed E-state index contributed by atoms with van der Waals surface area (Å²) >= 11 is 0. The van der Waals surface area contributed by atoms with Crippen molar-refractivity contribution in [1.29, 1.82) is 0 Å². The van der Waals surface area contributed by atoms with Crippen molar-refractivity contribution in [3.63, 3.8) is 0 Å². The number of esters is 3. The number of carbonyl (C=O) groups is 3. The minimum Gasteiger partial charge on any atom is -0.462 e. The van der Waals surface area contributed by atoms with E-state index in [1.54, 1.807) is 0 Å². The second-order valence-electron chi connectivity index (χ2n) is 16.9. The van der Waals surface area contributed by atoms with E-state index in [4.69, 9.17) is 14.2 Å². The zero-order chi connectivity index (χ0) is 39.6. The van der Waals surface area contributed by atoms with Crippen molar-refractivity contribution in [3.8, 4) is 0 Å². The van der Waals surface area contributed by atoms with Crippen LogP contribution >= 0.6 is 0 Å². The molecule has 0 N–H and O–H groups in total. The SMILES string of the molecule is CCCCCCCCCCCCCCCCCC(=O)OC[C@H](COC(=O)CCCCCCCCCCCC(C)C)OC(=O)CCCCCCCCCCC. The molecule has 0 bridgehead atoms. The van der Waals surface area contributed by atoms with Crippen LogP contribution in [0.15, 0.2) is 0 Å². The fourth-order valence-electron chi connectivity index (χ4n) is 7.16. The van der Waals surface area contributed by atoms with Crippen LogP contribution in [0.4, 0.5) is 0 Å². The fraction of sp³-hybridized carbons (Fsp3) is 0.938. The molecule has 0 aliphatic carbocycles. The van der Waals surface area contributed by atoms with Gasteiger partial charge in [0.2, 0.25) is 0 Å². The summed E-state index contributed by atoms with van der Waals surface area (Å²) in [5, 5.41) is 0. The van der Waals surface area contributed by atoms with Crippen molar-refractivity contribution in [2.45, 2.75) is 271 Å². The van der Waals surface area contributed by atoms with Gasteiger partial charge in [-0.1, -0.05) is 227 Å². The lowest BCUT2D eigenvalue weighted by molar-refractivity contribution is -0.167. The van der Waals surface area contributed by atoms with Crippen molar-refractivity contribution in [2.24, 2.45) is 5.92 Å². The summed E-state index contributed by atoms with van der Waals surface area (Å²) in [6.45, 7) is 8.97. The average molecular weight is 765 g/mol. The van der Waals surface area contributed by atoms with Crippen molar-refractivity contribution in [3.05, 3.63) is 0 Å². The largest absolute Gasteiger partial charge is 0.462 e. The normalized spacial score (nSPS) is 11.9. The van der Waals surface area contributed by atoms with E-state index in [1.807, 2.05) is 0 Å². The predicted molar refractivity (Wildman–Crippen MR) is 229 cm³/mol. The Bertz CT molecular complexity index is 811. The molecule has 0 aliphatic heterocycles. The van der Waals surface area contributed by atoms with Crippen molar-refractivity contribution in [2.75, 3.05) is 13.2 Å². The summed E-state index contributed by atoms with van der Waals surface area (Å²) in [5.74, 6) is -0.0452. The third-order valence-corrected chi connectivity index (χ3v) is 10.8. The molecule has 0 spiro atoms. The van der Waals surface area contributed by atoms with Crippen molar-refractivity contribution in [1.82, 2.24) is 0 Å². The van der Waals surface area contributed by atoms with E-state index in [0.717, 1.165) is 63.7 Å². The van der Waals surface area contributed by atoms with E-state index in [2.05, 4.69) is 27.7 Å². The molecule has 0 rings (SSSR count). The minimum atomic E-state index is -0.759. The van der Waals surface area contributed by atoms with Crippen LogP contribution in [-0.2, 0) is 28.6 Å². The number of hydrogen-bond donors (Lipinski definition) is 0. The molecule has 0 unspecified atom stereocenters. The van der Waals surface area contributed by atoms with Gasteiger partial charge in [-0.05, 0) is 25.2 Å². The first-order valence-corrected chi connectivity index (χ1v) is 23.9. The molecular weight excluding hydrogens is 673 g/mol. The molecule has 0 heterocycles. The molecule has 0 amide bonds. The van der Waals surface area contributed by atoms with Crippen LogP contribution in [0.5, 0.6) is 0 Å². The van der Waals surface area contributed by atoms with Crippen molar-refractivity contribution >= 4 is 17.9 Å². The molecule has 0 aromatic rings. The quantitative estimate of drug-likeness (QED) is 0.0349. The predicted octanol–water partition coefficient (Wildman–Crippen LogP) is 15.1. The first-order chi connectivity index (χ1) is 26.4. The lowest BCUT2D eigenvalue weighted by Crippen LogP contribution is -2.30. The molecule has 0 aliphatic rings. The maximum Gasteiger partial charge on any atom is 0.306 e. The lowest BCUT2D eigenvalue weighted by Gasteiger charge is -2.18. The van der Waals surface area contributed by atoms with Gasteiger partial charge in [0.05, 0.1) is 0 Å². The second-order valence-corrected chi connectivity index (χ2v) is 16.9. The first-order valence-electron chi connectivity index (χ1n) is 23.9. The standard InChI is InChI=1S/C48H92O6/c1-5-7-9-11-13-15-16-17-18-19-20-24-27-31-35-39-46(49)52-42-45(54-48(51)41-37-33-29-22-14-12-10-8-6-2)43-53-47(50)40-36-32-28-25-21-23-26-30-34-38-44(3)4/h44-45H,5-43H2,1-4H3/t45-/m1/s1. The van der Waals surface area contributed by atoms with Gasteiger partial charge in [-0.2, -0.15) is 0 Å². The van der Waals surface area contributed by atoms with Gasteiger partial charge in [-0.15, -0.1) is 0 Å². The van der Waals surface area contributed by atoms with Crippen LogP contribution in [0.3, 0.4) is 0 Å². The summed E-state index contributed by atoms with van der Waals surface area (Å²) in [5.41, 5.74) is 0. The minimum absolute atomic E-state index is 0.0637. The Morgan fingerprint density at radius 1 is 0.352 bits per heavy atom. The maximum atomic E-state index is 12.7. The molecule has 0 saturated carbocycles. The first kappa shape index (κ1) is 52.4. The average Bonchev–Trinajstić information content (AvgIpc) is 3.15. The Morgan fingerprint density at radius 2 is 0.611 bits per heavy atom. The Balaban J connectivity index is 4.27. The molecule has 0 fully saturated rings. The molecular formula is C48H92O6. The Kier molecular flexibility index (Phi) is 41.3. The summed E-state index contributed by atoms with van der Waals surface area (Å²) < 4.78 is 16.7. The number of hydrogen-bond acceptors (Lipinski definition) is 6. The van der Waals surface area contributed by atoms with E-state index in [-0.39, 0.29) is 31.1 Å². The van der Waals surface area contributed by atoms with Gasteiger partial charge in [0.15, 0.2) is 6.10 Å². The lowest BCUT2D eigenvalue weighted by atomic mass is 10.0. The molecule has 320 valence electrons. The van der Waals surface area contributed by atoms with E-state index in [1.165, 1.54) is 161 Å². The fourth-order valence-corrected chi connectivity index (χ4v) is 7.16. The molecule has 54 heavy (non-hydrogen) atoms. The zero-order valence-corrected chi connectivity index (χ0v) is 36.7. The monoisotopic (exact) mass is 765 g/mol. The van der Waals surface area contributed by atoms with Gasteiger partial charge in [0, 0.05) is 19.3 Å². The highest BCUT2D eigenvalue weighted by Gasteiger charge is 2.19. The van der Waals surface area contributed by atoms with Crippen LogP contribution in [0.1, 0.15) is 265 Å². The molecule has 1 atom stereocenters. The highest BCUT2D eigenvalue weighted by molar-refractivity contribution is 5.71. The maximum absolute atomic E-state index is 12.7.